The van der Waals surface area contributed by atoms with Crippen molar-refractivity contribution in [2.45, 2.75) is 31.2 Å². The Morgan fingerprint density at radius 2 is 2.12 bits per heavy atom. The van der Waals surface area contributed by atoms with E-state index in [0.29, 0.717) is 19.3 Å². The molecule has 0 aromatic heterocycles. The van der Waals surface area contributed by atoms with E-state index in [1.54, 1.807) is 11.8 Å². The van der Waals surface area contributed by atoms with Crippen LogP contribution in [0.5, 0.6) is 0 Å². The van der Waals surface area contributed by atoms with Crippen LogP contribution in [0.25, 0.3) is 0 Å². The van der Waals surface area contributed by atoms with Gasteiger partial charge in [-0.1, -0.05) is 30.3 Å². The number of esters is 1. The summed E-state index contributed by atoms with van der Waals surface area (Å²) in [6, 6.07) is 9.02. The van der Waals surface area contributed by atoms with Gasteiger partial charge in [0, 0.05) is 19.1 Å². The maximum Gasteiger partial charge on any atom is 0.330 e. The topological polar surface area (TPSA) is 76.0 Å². The van der Waals surface area contributed by atoms with Gasteiger partial charge >= 0.3 is 5.97 Å². The van der Waals surface area contributed by atoms with Crippen molar-refractivity contribution in [2.75, 3.05) is 19.1 Å². The highest BCUT2D eigenvalue weighted by Crippen LogP contribution is 2.32. The third-order valence-corrected chi connectivity index (χ3v) is 4.85. The Bertz CT molecular complexity index is 669. The number of nitrogens with zero attached hydrogens (tertiary/aromatic N) is 1. The van der Waals surface area contributed by atoms with Gasteiger partial charge in [0.25, 0.3) is 0 Å². The predicted octanol–water partition coefficient (Wildman–Crippen LogP) is 3.31. The van der Waals surface area contributed by atoms with Crippen molar-refractivity contribution < 1.29 is 19.4 Å². The van der Waals surface area contributed by atoms with Gasteiger partial charge in [-0.05, 0) is 29.9 Å². The van der Waals surface area contributed by atoms with Crippen molar-refractivity contribution in [1.29, 1.82) is 0 Å². The van der Waals surface area contributed by atoms with Crippen molar-refractivity contribution in [3.63, 3.8) is 0 Å². The van der Waals surface area contributed by atoms with Crippen LogP contribution in [0.1, 0.15) is 30.7 Å². The molecule has 2 atom stereocenters. The Balaban J connectivity index is 2.14. The SMILES string of the molecule is COC(=O)C(CCSC)N=CC1=C(O)CC(c2ccccc2)CC1=O. The van der Waals surface area contributed by atoms with Gasteiger partial charge in [-0.3, -0.25) is 9.79 Å². The Hall–Kier alpha value is -2.08. The zero-order valence-electron chi connectivity index (χ0n) is 14.5. The van der Waals surface area contributed by atoms with Crippen LogP contribution in [0.15, 0.2) is 46.7 Å². The highest BCUT2D eigenvalue weighted by Gasteiger charge is 2.28. The molecule has 1 N–H and O–H groups in total. The summed E-state index contributed by atoms with van der Waals surface area (Å²) in [6.07, 6.45) is 4.52. The molecule has 0 bridgehead atoms. The van der Waals surface area contributed by atoms with Crippen LogP contribution in [0.4, 0.5) is 0 Å². The minimum atomic E-state index is -0.655. The minimum Gasteiger partial charge on any atom is -0.511 e. The number of hydrogen-bond acceptors (Lipinski definition) is 6. The quantitative estimate of drug-likeness (QED) is 0.596. The lowest BCUT2D eigenvalue weighted by atomic mass is 9.83. The molecule has 0 amide bonds. The molecule has 2 rings (SSSR count). The number of rotatable bonds is 7. The number of ether oxygens (including phenoxy) is 1. The zero-order valence-corrected chi connectivity index (χ0v) is 15.3. The van der Waals surface area contributed by atoms with Crippen LogP contribution in [-0.4, -0.2) is 48.2 Å². The van der Waals surface area contributed by atoms with E-state index in [1.807, 2.05) is 36.6 Å². The summed E-state index contributed by atoms with van der Waals surface area (Å²) in [6.45, 7) is 0. The highest BCUT2D eigenvalue weighted by atomic mass is 32.2. The number of Topliss-reactive ketones (excluding diaryl/α,β-unsaturated/α-hetero) is 1. The number of allylic oxidation sites excluding steroid dienone is 2. The number of carbonyl (C=O) groups is 2. The summed E-state index contributed by atoms with van der Waals surface area (Å²) in [4.78, 5) is 28.4. The number of aliphatic imine (C=N–C) groups is 1. The number of carbonyl (C=O) groups excluding carboxylic acids is 2. The van der Waals surface area contributed by atoms with Crippen molar-refractivity contribution in [3.05, 3.63) is 47.2 Å². The second-order valence-corrected chi connectivity index (χ2v) is 6.88. The molecule has 1 aromatic rings. The third kappa shape index (κ3) is 5.19. The number of aliphatic hydroxyl groups excluding tert-OH is 1. The fourth-order valence-corrected chi connectivity index (χ4v) is 3.26. The monoisotopic (exact) mass is 361 g/mol. The fraction of sp³-hybridized carbons (Fsp3) is 0.421. The molecule has 0 saturated carbocycles. The first-order valence-electron chi connectivity index (χ1n) is 8.17. The maximum absolute atomic E-state index is 12.4. The summed E-state index contributed by atoms with van der Waals surface area (Å²) in [7, 11) is 1.32. The smallest absolute Gasteiger partial charge is 0.330 e. The normalized spacial score (nSPS) is 19.3. The molecule has 6 heteroatoms. The molecule has 1 aliphatic rings. The van der Waals surface area contributed by atoms with E-state index in [9.17, 15) is 14.7 Å². The van der Waals surface area contributed by atoms with E-state index in [0.717, 1.165) is 11.3 Å². The van der Waals surface area contributed by atoms with Gasteiger partial charge in [0.15, 0.2) is 5.78 Å². The molecule has 25 heavy (non-hydrogen) atoms. The van der Waals surface area contributed by atoms with Crippen LogP contribution in [0, 0.1) is 0 Å². The lowest BCUT2D eigenvalue weighted by Gasteiger charge is -2.22. The van der Waals surface area contributed by atoms with Crippen molar-refractivity contribution in [2.24, 2.45) is 4.99 Å². The average Bonchev–Trinajstić information content (AvgIpc) is 2.63. The van der Waals surface area contributed by atoms with Gasteiger partial charge in [0.05, 0.1) is 12.7 Å². The summed E-state index contributed by atoms with van der Waals surface area (Å²) in [5, 5.41) is 10.3. The molecule has 0 heterocycles. The lowest BCUT2D eigenvalue weighted by Crippen LogP contribution is -2.23. The molecule has 1 aromatic carbocycles. The van der Waals surface area contributed by atoms with E-state index >= 15 is 0 Å². The second kappa shape index (κ2) is 9.42. The number of ketones is 1. The second-order valence-electron chi connectivity index (χ2n) is 5.90. The molecule has 1 aliphatic carbocycles. The van der Waals surface area contributed by atoms with Gasteiger partial charge in [0.1, 0.15) is 11.8 Å². The first-order chi connectivity index (χ1) is 12.1. The molecule has 2 unspecified atom stereocenters. The summed E-state index contributed by atoms with van der Waals surface area (Å²) >= 11 is 1.61. The Labute approximate surface area is 152 Å². The summed E-state index contributed by atoms with van der Waals surface area (Å²) < 4.78 is 4.75. The molecule has 0 radical (unpaired) electrons. The first kappa shape index (κ1) is 19.2. The standard InChI is InChI=1S/C19H23NO4S/c1-24-19(23)16(8-9-25-2)20-12-15-17(21)10-14(11-18(15)22)13-6-4-3-5-7-13/h3-7,12,14,16,21H,8-11H2,1-2H3. The van der Waals surface area contributed by atoms with Crippen LogP contribution < -0.4 is 0 Å². The van der Waals surface area contributed by atoms with Gasteiger partial charge in [-0.2, -0.15) is 11.8 Å². The molecular weight excluding hydrogens is 338 g/mol. The number of thioether (sulfide) groups is 1. The van der Waals surface area contributed by atoms with E-state index in [1.165, 1.54) is 13.3 Å². The molecule has 0 saturated heterocycles. The van der Waals surface area contributed by atoms with Gasteiger partial charge in [0.2, 0.25) is 0 Å². The highest BCUT2D eigenvalue weighted by molar-refractivity contribution is 7.98. The van der Waals surface area contributed by atoms with Crippen LogP contribution in [0.3, 0.4) is 0 Å². The largest absolute Gasteiger partial charge is 0.511 e. The number of methoxy groups -OCH3 is 1. The predicted molar refractivity (Wildman–Crippen MR) is 100 cm³/mol. The Morgan fingerprint density at radius 1 is 1.40 bits per heavy atom. The van der Waals surface area contributed by atoms with Gasteiger partial charge < -0.3 is 9.84 Å². The van der Waals surface area contributed by atoms with Gasteiger partial charge in [-0.25, -0.2) is 4.79 Å². The van der Waals surface area contributed by atoms with Crippen molar-refractivity contribution in [3.8, 4) is 0 Å². The number of aliphatic hydroxyl groups is 1. The summed E-state index contributed by atoms with van der Waals surface area (Å²) in [5.41, 5.74) is 1.23. The molecule has 0 fully saturated rings. The van der Waals surface area contributed by atoms with Crippen LogP contribution >= 0.6 is 11.8 Å². The molecule has 0 spiro atoms. The van der Waals surface area contributed by atoms with E-state index in [-0.39, 0.29) is 23.0 Å². The maximum atomic E-state index is 12.4. The number of benzene rings is 1. The van der Waals surface area contributed by atoms with Crippen molar-refractivity contribution >= 4 is 29.7 Å². The van der Waals surface area contributed by atoms with E-state index < -0.39 is 12.0 Å². The minimum absolute atomic E-state index is 0.0289. The molecule has 134 valence electrons. The van der Waals surface area contributed by atoms with Crippen LogP contribution in [0.2, 0.25) is 0 Å². The van der Waals surface area contributed by atoms with E-state index in [4.69, 9.17) is 4.74 Å². The number of hydrogen-bond donors (Lipinski definition) is 1. The average molecular weight is 361 g/mol. The molecular formula is C19H23NO4S. The Kier molecular flexibility index (Phi) is 7.25. The summed E-state index contributed by atoms with van der Waals surface area (Å²) in [5.74, 6) is 0.165. The molecule has 5 nitrogen and oxygen atoms in total. The fourth-order valence-electron chi connectivity index (χ4n) is 2.80. The van der Waals surface area contributed by atoms with Crippen molar-refractivity contribution in [1.82, 2.24) is 0 Å². The molecule has 0 aliphatic heterocycles. The van der Waals surface area contributed by atoms with Gasteiger partial charge in [-0.15, -0.1) is 0 Å². The third-order valence-electron chi connectivity index (χ3n) is 4.21. The Morgan fingerprint density at radius 3 is 2.72 bits per heavy atom. The van der Waals surface area contributed by atoms with E-state index in [2.05, 4.69) is 4.99 Å². The first-order valence-corrected chi connectivity index (χ1v) is 9.56. The van der Waals surface area contributed by atoms with Crippen LogP contribution in [-0.2, 0) is 14.3 Å². The zero-order chi connectivity index (χ0) is 18.2. The lowest BCUT2D eigenvalue weighted by molar-refractivity contribution is -0.142.